The Kier molecular flexibility index (Phi) is 4.34. The van der Waals surface area contributed by atoms with Gasteiger partial charge in [0.1, 0.15) is 11.4 Å². The number of hydrogen-bond donors (Lipinski definition) is 0. The lowest BCUT2D eigenvalue weighted by Gasteiger charge is -2.07. The maximum Gasteiger partial charge on any atom is 0.234 e. The molecule has 0 atom stereocenters. The molecule has 1 aromatic carbocycles. The minimum Gasteiger partial charge on any atom is -0.496 e. The summed E-state index contributed by atoms with van der Waals surface area (Å²) >= 11 is 2.17. The van der Waals surface area contributed by atoms with Gasteiger partial charge in [0.05, 0.1) is 16.4 Å². The fourth-order valence-corrected chi connectivity index (χ4v) is 3.24. The number of methoxy groups -OCH3 is 1. The number of carbonyl (C=O) groups is 1. The predicted molar refractivity (Wildman–Crippen MR) is 96.2 cm³/mol. The van der Waals surface area contributed by atoms with Crippen molar-refractivity contribution in [3.8, 4) is 5.75 Å². The van der Waals surface area contributed by atoms with E-state index < -0.39 is 0 Å². The lowest BCUT2D eigenvalue weighted by Crippen LogP contribution is -2.09. The molecule has 5 nitrogen and oxygen atoms in total. The van der Waals surface area contributed by atoms with Crippen molar-refractivity contribution in [2.45, 2.75) is 20.3 Å². The van der Waals surface area contributed by atoms with E-state index in [0.717, 1.165) is 20.6 Å². The Morgan fingerprint density at radius 3 is 2.83 bits per heavy atom. The smallest absolute Gasteiger partial charge is 0.234 e. The van der Waals surface area contributed by atoms with Gasteiger partial charge in [-0.05, 0) is 59.7 Å². The second kappa shape index (κ2) is 6.27. The van der Waals surface area contributed by atoms with E-state index in [2.05, 4.69) is 32.6 Å². The fourth-order valence-electron chi connectivity index (χ4n) is 2.51. The summed E-state index contributed by atoms with van der Waals surface area (Å²) in [5.74, 6) is 1.26. The zero-order valence-electron chi connectivity index (χ0n) is 13.1. The van der Waals surface area contributed by atoms with Crippen molar-refractivity contribution in [3.63, 3.8) is 0 Å². The second-order valence-electron chi connectivity index (χ2n) is 5.24. The van der Waals surface area contributed by atoms with Gasteiger partial charge in [-0.3, -0.25) is 9.20 Å². The molecule has 0 saturated carbocycles. The van der Waals surface area contributed by atoms with Crippen LogP contribution in [0.1, 0.15) is 34.2 Å². The summed E-state index contributed by atoms with van der Waals surface area (Å²) in [5.41, 5.74) is 2.95. The Bertz CT molecular complexity index is 902. The number of aryl methyl sites for hydroxylation is 2. The van der Waals surface area contributed by atoms with Crippen molar-refractivity contribution < 1.29 is 9.53 Å². The highest BCUT2D eigenvalue weighted by molar-refractivity contribution is 14.1. The number of carbonyl (C=O) groups excluding carboxylic acids is 1. The molecule has 6 heteroatoms. The van der Waals surface area contributed by atoms with Crippen molar-refractivity contribution in [1.82, 2.24) is 14.4 Å². The van der Waals surface area contributed by atoms with Gasteiger partial charge in [-0.25, -0.2) is 9.97 Å². The molecule has 0 fully saturated rings. The van der Waals surface area contributed by atoms with Crippen LogP contribution in [0.4, 0.5) is 0 Å². The topological polar surface area (TPSA) is 56.5 Å². The number of rotatable bonds is 4. The standard InChI is InChI=1S/C17H16IN3O2/c1-4-13-15(21-9-10(2)8-19-17(21)20-13)16(22)11-5-6-14(23-3)12(18)7-11/h5-9H,4H2,1-3H3. The van der Waals surface area contributed by atoms with Crippen molar-refractivity contribution >= 4 is 34.2 Å². The van der Waals surface area contributed by atoms with E-state index >= 15 is 0 Å². The first-order valence-electron chi connectivity index (χ1n) is 7.27. The SMILES string of the molecule is CCc1nc2ncc(C)cn2c1C(=O)c1ccc(OC)c(I)c1. The molecule has 0 aliphatic carbocycles. The van der Waals surface area contributed by atoms with Crippen LogP contribution in [0.25, 0.3) is 5.78 Å². The van der Waals surface area contributed by atoms with Gasteiger partial charge < -0.3 is 4.74 Å². The summed E-state index contributed by atoms with van der Waals surface area (Å²) in [6, 6.07) is 5.43. The molecule has 2 heterocycles. The van der Waals surface area contributed by atoms with Gasteiger partial charge in [-0.2, -0.15) is 0 Å². The first kappa shape index (κ1) is 15.9. The number of fused-ring (bicyclic) bond motifs is 1. The lowest BCUT2D eigenvalue weighted by atomic mass is 10.1. The van der Waals surface area contributed by atoms with Crippen LogP contribution in [-0.2, 0) is 6.42 Å². The highest BCUT2D eigenvalue weighted by Gasteiger charge is 2.21. The lowest BCUT2D eigenvalue weighted by molar-refractivity contribution is 0.103. The number of halogens is 1. The van der Waals surface area contributed by atoms with Crippen LogP contribution in [0.15, 0.2) is 30.6 Å². The molecule has 3 aromatic rings. The molecule has 0 N–H and O–H groups in total. The monoisotopic (exact) mass is 421 g/mol. The molecule has 0 aliphatic heterocycles. The van der Waals surface area contributed by atoms with Crippen LogP contribution in [0.5, 0.6) is 5.75 Å². The highest BCUT2D eigenvalue weighted by Crippen LogP contribution is 2.24. The molecule has 0 amide bonds. The van der Waals surface area contributed by atoms with Crippen molar-refractivity contribution in [1.29, 1.82) is 0 Å². The minimum atomic E-state index is -0.0534. The van der Waals surface area contributed by atoms with Gasteiger partial charge >= 0.3 is 0 Å². The fraction of sp³-hybridized carbons (Fsp3) is 0.235. The van der Waals surface area contributed by atoms with Crippen LogP contribution < -0.4 is 4.74 Å². The Morgan fingerprint density at radius 1 is 1.39 bits per heavy atom. The van der Waals surface area contributed by atoms with E-state index in [9.17, 15) is 4.79 Å². The molecule has 0 radical (unpaired) electrons. The summed E-state index contributed by atoms with van der Waals surface area (Å²) in [6.45, 7) is 3.94. The van der Waals surface area contributed by atoms with Crippen LogP contribution in [0.2, 0.25) is 0 Å². The third-order valence-corrected chi connectivity index (χ3v) is 4.49. The molecule has 0 saturated heterocycles. The van der Waals surface area contributed by atoms with E-state index in [1.165, 1.54) is 0 Å². The molecule has 0 spiro atoms. The quantitative estimate of drug-likeness (QED) is 0.479. The second-order valence-corrected chi connectivity index (χ2v) is 6.40. The van der Waals surface area contributed by atoms with Gasteiger partial charge in [0, 0.05) is 18.0 Å². The van der Waals surface area contributed by atoms with Gasteiger partial charge in [-0.15, -0.1) is 0 Å². The number of ketones is 1. The third-order valence-electron chi connectivity index (χ3n) is 3.65. The van der Waals surface area contributed by atoms with Crippen LogP contribution in [-0.4, -0.2) is 27.3 Å². The van der Waals surface area contributed by atoms with Crippen LogP contribution in [0.3, 0.4) is 0 Å². The van der Waals surface area contributed by atoms with Gasteiger partial charge in [0.25, 0.3) is 0 Å². The van der Waals surface area contributed by atoms with E-state index in [1.807, 2.05) is 32.2 Å². The summed E-state index contributed by atoms with van der Waals surface area (Å²) in [4.78, 5) is 21.8. The number of benzene rings is 1. The zero-order chi connectivity index (χ0) is 16.6. The molecule has 23 heavy (non-hydrogen) atoms. The molecular weight excluding hydrogens is 405 g/mol. The van der Waals surface area contributed by atoms with Crippen molar-refractivity contribution in [3.05, 3.63) is 56.7 Å². The Hall–Kier alpha value is -1.96. The number of aromatic nitrogens is 3. The Labute approximate surface area is 147 Å². The molecule has 2 aromatic heterocycles. The first-order valence-corrected chi connectivity index (χ1v) is 8.34. The average Bonchev–Trinajstić information content (AvgIpc) is 2.91. The predicted octanol–water partition coefficient (Wildman–Crippen LogP) is 3.44. The normalized spacial score (nSPS) is 11.0. The van der Waals surface area contributed by atoms with Gasteiger partial charge in [-0.1, -0.05) is 6.92 Å². The summed E-state index contributed by atoms with van der Waals surface area (Å²) in [5, 5.41) is 0. The summed E-state index contributed by atoms with van der Waals surface area (Å²) in [7, 11) is 1.62. The molecule has 118 valence electrons. The first-order chi connectivity index (χ1) is 11.0. The zero-order valence-corrected chi connectivity index (χ0v) is 15.3. The maximum atomic E-state index is 13.0. The van der Waals surface area contributed by atoms with Gasteiger partial charge in [0.15, 0.2) is 0 Å². The minimum absolute atomic E-state index is 0.0534. The average molecular weight is 421 g/mol. The summed E-state index contributed by atoms with van der Waals surface area (Å²) < 4.78 is 7.94. The molecule has 0 unspecified atom stereocenters. The molecule has 0 aliphatic rings. The number of imidazole rings is 1. The van der Waals surface area contributed by atoms with E-state index in [-0.39, 0.29) is 5.78 Å². The van der Waals surface area contributed by atoms with Crippen molar-refractivity contribution in [2.24, 2.45) is 0 Å². The number of ether oxygens (including phenoxy) is 1. The van der Waals surface area contributed by atoms with E-state index in [1.54, 1.807) is 23.8 Å². The maximum absolute atomic E-state index is 13.0. The molecule has 3 rings (SSSR count). The third kappa shape index (κ3) is 2.83. The Balaban J connectivity index is 2.17. The van der Waals surface area contributed by atoms with E-state index in [0.29, 0.717) is 23.5 Å². The highest BCUT2D eigenvalue weighted by atomic mass is 127. The summed E-state index contributed by atoms with van der Waals surface area (Å²) in [6.07, 6.45) is 4.33. The molecular formula is C17H16IN3O2. The van der Waals surface area contributed by atoms with E-state index in [4.69, 9.17) is 4.74 Å². The number of hydrogen-bond acceptors (Lipinski definition) is 4. The van der Waals surface area contributed by atoms with Crippen LogP contribution >= 0.6 is 22.6 Å². The molecule has 0 bridgehead atoms. The Morgan fingerprint density at radius 2 is 2.17 bits per heavy atom. The van der Waals surface area contributed by atoms with Crippen molar-refractivity contribution in [2.75, 3.05) is 7.11 Å². The number of nitrogens with zero attached hydrogens (tertiary/aromatic N) is 3. The largest absolute Gasteiger partial charge is 0.496 e. The van der Waals surface area contributed by atoms with Crippen LogP contribution in [0, 0.1) is 10.5 Å². The van der Waals surface area contributed by atoms with Gasteiger partial charge in [0.2, 0.25) is 11.6 Å².